The molecule has 8 nitrogen and oxygen atoms in total. The topological polar surface area (TPSA) is 114 Å². The number of ether oxygens (including phenoxy) is 3. The van der Waals surface area contributed by atoms with Crippen LogP contribution < -0.4 is 14.8 Å². The van der Waals surface area contributed by atoms with E-state index in [9.17, 15) is 0 Å². The van der Waals surface area contributed by atoms with Crippen LogP contribution in [0.2, 0.25) is 0 Å². The Hall–Kier alpha value is -2.32. The highest BCUT2D eigenvalue weighted by molar-refractivity contribution is 6.27. The monoisotopic (exact) mass is 343 g/mol. The Morgan fingerprint density at radius 3 is 2.21 bits per heavy atom. The third-order valence-electron chi connectivity index (χ3n) is 2.81. The third kappa shape index (κ3) is 9.65. The van der Waals surface area contributed by atoms with Crippen LogP contribution in [0, 0.1) is 0 Å². The average Bonchev–Trinajstić information content (AvgIpc) is 2.58. The van der Waals surface area contributed by atoms with Crippen molar-refractivity contribution in [3.05, 3.63) is 23.8 Å². The molecule has 0 spiro atoms. The van der Waals surface area contributed by atoms with Crippen LogP contribution in [0.25, 0.3) is 0 Å². The van der Waals surface area contributed by atoms with Gasteiger partial charge in [0.15, 0.2) is 11.5 Å². The molecular formula is C16H25NO7. The maximum Gasteiger partial charge on any atom is 0.414 e. The number of methoxy groups -OCH3 is 2. The normalized spacial score (nSPS) is 9.62. The molecule has 0 heterocycles. The molecule has 8 heteroatoms. The second-order valence-electron chi connectivity index (χ2n) is 4.53. The van der Waals surface area contributed by atoms with Gasteiger partial charge in [0, 0.05) is 19.8 Å². The number of carbonyl (C=O) groups is 2. The summed E-state index contributed by atoms with van der Waals surface area (Å²) in [6.07, 6.45) is 1.03. The lowest BCUT2D eigenvalue weighted by Gasteiger charge is -2.10. The van der Waals surface area contributed by atoms with Crippen molar-refractivity contribution >= 4 is 11.9 Å². The van der Waals surface area contributed by atoms with Gasteiger partial charge in [-0.1, -0.05) is 6.07 Å². The van der Waals surface area contributed by atoms with Crippen LogP contribution >= 0.6 is 0 Å². The Kier molecular flexibility index (Phi) is 11.9. The lowest BCUT2D eigenvalue weighted by molar-refractivity contribution is -0.159. The molecule has 3 N–H and O–H groups in total. The average molecular weight is 343 g/mol. The number of rotatable bonds is 9. The molecule has 0 aliphatic carbocycles. The van der Waals surface area contributed by atoms with Gasteiger partial charge in [0.2, 0.25) is 0 Å². The molecule has 0 aliphatic heterocycles. The maximum atomic E-state index is 9.10. The molecule has 0 amide bonds. The van der Waals surface area contributed by atoms with Crippen LogP contribution in [0.3, 0.4) is 0 Å². The van der Waals surface area contributed by atoms with Crippen molar-refractivity contribution in [3.63, 3.8) is 0 Å². The summed E-state index contributed by atoms with van der Waals surface area (Å²) in [6, 6.07) is 5.96. The smallest absolute Gasteiger partial charge is 0.414 e. The van der Waals surface area contributed by atoms with E-state index in [4.69, 9.17) is 34.0 Å². The molecule has 0 saturated carbocycles. The van der Waals surface area contributed by atoms with E-state index >= 15 is 0 Å². The summed E-state index contributed by atoms with van der Waals surface area (Å²) in [7, 11) is 3.29. The minimum Gasteiger partial charge on any atom is -0.493 e. The van der Waals surface area contributed by atoms with E-state index in [1.807, 2.05) is 25.1 Å². The molecule has 136 valence electrons. The van der Waals surface area contributed by atoms with Gasteiger partial charge in [-0.2, -0.15) is 0 Å². The number of aliphatic carboxylic acids is 2. The molecule has 24 heavy (non-hydrogen) atoms. The maximum absolute atomic E-state index is 9.10. The van der Waals surface area contributed by atoms with Gasteiger partial charge in [0.1, 0.15) is 0 Å². The molecule has 0 fully saturated rings. The van der Waals surface area contributed by atoms with Crippen molar-refractivity contribution in [2.24, 2.45) is 0 Å². The number of nitrogens with one attached hydrogen (secondary N) is 1. The van der Waals surface area contributed by atoms with Gasteiger partial charge >= 0.3 is 11.9 Å². The van der Waals surface area contributed by atoms with Crippen LogP contribution in [0.15, 0.2) is 18.2 Å². The van der Waals surface area contributed by atoms with E-state index in [-0.39, 0.29) is 0 Å². The van der Waals surface area contributed by atoms with Gasteiger partial charge in [-0.15, -0.1) is 0 Å². The molecule has 0 bridgehead atoms. The summed E-state index contributed by atoms with van der Waals surface area (Å²) >= 11 is 0. The SMILES string of the molecule is CCOCCCNCc1ccc(OC)c(OC)c1.O=C(O)C(=O)O. The summed E-state index contributed by atoms with van der Waals surface area (Å²) in [5.74, 6) is -2.12. The first-order valence-corrected chi connectivity index (χ1v) is 7.41. The molecule has 1 rings (SSSR count). The Bertz CT molecular complexity index is 493. The summed E-state index contributed by atoms with van der Waals surface area (Å²) in [5.41, 5.74) is 1.18. The first-order chi connectivity index (χ1) is 11.5. The number of hydrogen-bond donors (Lipinski definition) is 3. The van der Waals surface area contributed by atoms with Crippen LogP contribution in [0.1, 0.15) is 18.9 Å². The van der Waals surface area contributed by atoms with Crippen molar-refractivity contribution in [3.8, 4) is 11.5 Å². The molecule has 0 saturated heterocycles. The van der Waals surface area contributed by atoms with Crippen molar-refractivity contribution in [1.29, 1.82) is 0 Å². The highest BCUT2D eigenvalue weighted by atomic mass is 16.5. The quantitative estimate of drug-likeness (QED) is 0.455. The van der Waals surface area contributed by atoms with Crippen molar-refractivity contribution in [1.82, 2.24) is 5.32 Å². The highest BCUT2D eigenvalue weighted by Gasteiger charge is 2.04. The standard InChI is InChI=1S/C14H23NO3.C2H2O4/c1-4-18-9-5-8-15-11-12-6-7-13(16-2)14(10-12)17-3;3-1(4)2(5)6/h6-7,10,15H,4-5,8-9,11H2,1-3H3;(H,3,4)(H,5,6). The summed E-state index contributed by atoms with van der Waals surface area (Å²) in [4.78, 5) is 18.2. The molecule has 1 aromatic rings. The minimum absolute atomic E-state index is 0.762. The fraction of sp³-hybridized carbons (Fsp3) is 0.500. The zero-order valence-corrected chi connectivity index (χ0v) is 14.2. The van der Waals surface area contributed by atoms with E-state index in [2.05, 4.69) is 5.32 Å². The second-order valence-corrected chi connectivity index (χ2v) is 4.53. The summed E-state index contributed by atoms with van der Waals surface area (Å²) in [5, 5.41) is 18.2. The van der Waals surface area contributed by atoms with E-state index in [0.717, 1.165) is 44.2 Å². The highest BCUT2D eigenvalue weighted by Crippen LogP contribution is 2.27. The first kappa shape index (κ1) is 21.7. The predicted octanol–water partition coefficient (Wildman–Crippen LogP) is 1.38. The van der Waals surface area contributed by atoms with Crippen LogP contribution in [-0.2, 0) is 20.9 Å². The van der Waals surface area contributed by atoms with E-state index in [0.29, 0.717) is 0 Å². The summed E-state index contributed by atoms with van der Waals surface area (Å²) in [6.45, 7) is 5.39. The van der Waals surface area contributed by atoms with Gasteiger partial charge in [-0.25, -0.2) is 9.59 Å². The van der Waals surface area contributed by atoms with Crippen molar-refractivity contribution in [2.45, 2.75) is 19.9 Å². The second kappa shape index (κ2) is 13.1. The van der Waals surface area contributed by atoms with Gasteiger partial charge in [-0.05, 0) is 37.6 Å². The first-order valence-electron chi connectivity index (χ1n) is 7.41. The fourth-order valence-electron chi connectivity index (χ4n) is 1.67. The zero-order chi connectivity index (χ0) is 18.4. The number of benzene rings is 1. The van der Waals surface area contributed by atoms with Gasteiger partial charge < -0.3 is 29.7 Å². The van der Waals surface area contributed by atoms with Crippen molar-refractivity contribution < 1.29 is 34.0 Å². The van der Waals surface area contributed by atoms with Crippen molar-refractivity contribution in [2.75, 3.05) is 34.0 Å². The number of hydrogen-bond acceptors (Lipinski definition) is 6. The zero-order valence-electron chi connectivity index (χ0n) is 14.2. The van der Waals surface area contributed by atoms with Gasteiger partial charge in [-0.3, -0.25) is 0 Å². The Morgan fingerprint density at radius 2 is 1.71 bits per heavy atom. The fourth-order valence-corrected chi connectivity index (χ4v) is 1.67. The Labute approximate surface area is 141 Å². The minimum atomic E-state index is -1.82. The van der Waals surface area contributed by atoms with Crippen LogP contribution in [0.5, 0.6) is 11.5 Å². The molecule has 1 aromatic carbocycles. The largest absolute Gasteiger partial charge is 0.493 e. The number of carboxylic acid groups (broad SMARTS) is 2. The predicted molar refractivity (Wildman–Crippen MR) is 87.6 cm³/mol. The molecule has 0 aromatic heterocycles. The van der Waals surface area contributed by atoms with E-state index in [1.54, 1.807) is 14.2 Å². The Balaban J connectivity index is 0.000000754. The molecule has 0 aliphatic rings. The van der Waals surface area contributed by atoms with E-state index < -0.39 is 11.9 Å². The third-order valence-corrected chi connectivity index (χ3v) is 2.81. The van der Waals surface area contributed by atoms with Gasteiger partial charge in [0.05, 0.1) is 14.2 Å². The van der Waals surface area contributed by atoms with Gasteiger partial charge in [0.25, 0.3) is 0 Å². The van der Waals surface area contributed by atoms with Crippen LogP contribution in [0.4, 0.5) is 0 Å². The van der Waals surface area contributed by atoms with Crippen LogP contribution in [-0.4, -0.2) is 56.1 Å². The molecule has 0 unspecified atom stereocenters. The summed E-state index contributed by atoms with van der Waals surface area (Å²) < 4.78 is 15.7. The lowest BCUT2D eigenvalue weighted by atomic mass is 10.2. The molecule has 0 atom stereocenters. The number of carboxylic acids is 2. The molecule has 0 radical (unpaired) electrons. The molecular weight excluding hydrogens is 318 g/mol. The van der Waals surface area contributed by atoms with E-state index in [1.165, 1.54) is 5.56 Å². The Morgan fingerprint density at radius 1 is 1.08 bits per heavy atom. The lowest BCUT2D eigenvalue weighted by Crippen LogP contribution is -2.16.